The number of alkyl halides is 2. The number of nitrogens with zero attached hydrogens (tertiary/aromatic N) is 5. The van der Waals surface area contributed by atoms with E-state index >= 15 is 0 Å². The summed E-state index contributed by atoms with van der Waals surface area (Å²) in [6.45, 7) is 2.14. The summed E-state index contributed by atoms with van der Waals surface area (Å²) in [5.41, 5.74) is 1.98. The molecule has 1 N–H and O–H groups in total. The zero-order valence-corrected chi connectivity index (χ0v) is 22.9. The molecular formula is C26H21ClF2N6O4S. The fraction of sp³-hybridized carbons (Fsp3) is 0.231. The highest BCUT2D eigenvalue weighted by Crippen LogP contribution is 2.36. The van der Waals surface area contributed by atoms with Gasteiger partial charge in [-0.15, -0.1) is 0 Å². The number of hydrogen-bond acceptors (Lipinski definition) is 9. The Labute approximate surface area is 236 Å². The lowest BCUT2D eigenvalue weighted by Crippen LogP contribution is -2.26. The molecule has 10 nitrogen and oxygen atoms in total. The zero-order chi connectivity index (χ0) is 28.6. The maximum atomic E-state index is 13.3. The highest BCUT2D eigenvalue weighted by molar-refractivity contribution is 7.16. The van der Waals surface area contributed by atoms with Gasteiger partial charge in [0.1, 0.15) is 28.0 Å². The number of aryl methyl sites for hydroxylation is 1. The van der Waals surface area contributed by atoms with Crippen LogP contribution in [-0.4, -0.2) is 50.9 Å². The number of ether oxygens (including phenoxy) is 2. The Kier molecular flexibility index (Phi) is 7.59. The molecule has 14 heteroatoms. The summed E-state index contributed by atoms with van der Waals surface area (Å²) in [6, 6.07) is 6.00. The van der Waals surface area contributed by atoms with Crippen molar-refractivity contribution in [2.24, 2.45) is 0 Å². The van der Waals surface area contributed by atoms with Gasteiger partial charge in [-0.1, -0.05) is 22.9 Å². The van der Waals surface area contributed by atoms with Crippen molar-refractivity contribution in [1.29, 1.82) is 0 Å². The fourth-order valence-electron chi connectivity index (χ4n) is 4.23. The summed E-state index contributed by atoms with van der Waals surface area (Å²) in [6.07, 6.45) is 0.0467. The van der Waals surface area contributed by atoms with Crippen LogP contribution in [0.4, 0.5) is 13.9 Å². The van der Waals surface area contributed by atoms with Gasteiger partial charge in [0.15, 0.2) is 5.13 Å². The van der Waals surface area contributed by atoms with Gasteiger partial charge < -0.3 is 14.4 Å². The third-order valence-electron chi connectivity index (χ3n) is 6.12. The van der Waals surface area contributed by atoms with Crippen LogP contribution in [0.3, 0.4) is 0 Å². The number of aromatic nitrogens is 4. The van der Waals surface area contributed by atoms with E-state index in [2.05, 4.69) is 25.3 Å². The second-order valence-electron chi connectivity index (χ2n) is 8.67. The van der Waals surface area contributed by atoms with Gasteiger partial charge in [0, 0.05) is 23.0 Å². The van der Waals surface area contributed by atoms with Crippen molar-refractivity contribution in [2.45, 2.75) is 26.4 Å². The molecule has 206 valence electrons. The smallest absolute Gasteiger partial charge is 0.284 e. The predicted molar refractivity (Wildman–Crippen MR) is 143 cm³/mol. The van der Waals surface area contributed by atoms with E-state index in [-0.39, 0.29) is 35.2 Å². The Morgan fingerprint density at radius 3 is 2.52 bits per heavy atom. The van der Waals surface area contributed by atoms with E-state index in [1.165, 1.54) is 55.0 Å². The van der Waals surface area contributed by atoms with E-state index in [4.69, 9.17) is 21.1 Å². The van der Waals surface area contributed by atoms with Crippen LogP contribution >= 0.6 is 22.9 Å². The number of pyridine rings is 3. The summed E-state index contributed by atoms with van der Waals surface area (Å²) in [7, 11) is 2.75. The Morgan fingerprint density at radius 2 is 1.82 bits per heavy atom. The molecule has 0 spiro atoms. The summed E-state index contributed by atoms with van der Waals surface area (Å²) in [5, 5.41) is 3.39. The maximum Gasteiger partial charge on any atom is 0.284 e. The van der Waals surface area contributed by atoms with Crippen LogP contribution in [0.2, 0.25) is 5.15 Å². The van der Waals surface area contributed by atoms with Gasteiger partial charge in [0.2, 0.25) is 0 Å². The average Bonchev–Trinajstić information content (AvgIpc) is 3.51. The van der Waals surface area contributed by atoms with Gasteiger partial charge in [0.05, 0.1) is 49.6 Å². The number of nitrogens with one attached hydrogen (secondary N) is 1. The highest BCUT2D eigenvalue weighted by atomic mass is 35.5. The first-order valence-corrected chi connectivity index (χ1v) is 13.0. The molecule has 1 aliphatic rings. The summed E-state index contributed by atoms with van der Waals surface area (Å²) in [5.74, 6) is -0.610. The van der Waals surface area contributed by atoms with Crippen LogP contribution in [0.5, 0.6) is 11.5 Å². The fourth-order valence-corrected chi connectivity index (χ4v) is 5.37. The Balaban J connectivity index is 1.34. The standard InChI is InChI=1S/C26H21ClF2N6O4S/c1-12-6-13(14-7-21(27)31-9-19(14)39-3)15(8-30-12)24(36)34-26-33-17-10-35(11-20(17)40-26)25(37)16-4-5-18(38-2)22(32-16)23(28)29/h4-9,23H,10-11H2,1-3H3,(H,33,34,36). The Bertz CT molecular complexity index is 1610. The second-order valence-corrected chi connectivity index (χ2v) is 10.1. The molecule has 4 aromatic rings. The maximum absolute atomic E-state index is 13.3. The van der Waals surface area contributed by atoms with Gasteiger partial charge in [-0.2, -0.15) is 0 Å². The summed E-state index contributed by atoms with van der Waals surface area (Å²) in [4.78, 5) is 45.1. The van der Waals surface area contributed by atoms with Crippen LogP contribution in [0.1, 0.15) is 49.2 Å². The van der Waals surface area contributed by atoms with E-state index in [0.29, 0.717) is 33.4 Å². The number of carbonyl (C=O) groups is 2. The third kappa shape index (κ3) is 5.29. The first-order chi connectivity index (χ1) is 19.2. The molecule has 0 unspecified atom stereocenters. The van der Waals surface area contributed by atoms with Crippen molar-refractivity contribution in [1.82, 2.24) is 24.8 Å². The van der Waals surface area contributed by atoms with Gasteiger partial charge in [-0.25, -0.2) is 23.7 Å². The highest BCUT2D eigenvalue weighted by Gasteiger charge is 2.30. The molecule has 0 atom stereocenters. The van der Waals surface area contributed by atoms with Crippen LogP contribution in [0.25, 0.3) is 11.1 Å². The number of anilines is 1. The van der Waals surface area contributed by atoms with Crippen molar-refractivity contribution >= 4 is 39.9 Å². The molecular weight excluding hydrogens is 566 g/mol. The monoisotopic (exact) mass is 586 g/mol. The Hall–Kier alpha value is -4.23. The average molecular weight is 587 g/mol. The third-order valence-corrected chi connectivity index (χ3v) is 7.33. The molecule has 0 bridgehead atoms. The van der Waals surface area contributed by atoms with Gasteiger partial charge in [-0.3, -0.25) is 19.9 Å². The molecule has 0 saturated heterocycles. The van der Waals surface area contributed by atoms with Crippen molar-refractivity contribution < 1.29 is 27.8 Å². The van der Waals surface area contributed by atoms with Gasteiger partial charge in [-0.05, 0) is 31.2 Å². The number of methoxy groups -OCH3 is 2. The minimum absolute atomic E-state index is 0.0912. The molecule has 2 amide bonds. The van der Waals surface area contributed by atoms with Crippen LogP contribution in [0, 0.1) is 6.92 Å². The number of carbonyl (C=O) groups excluding carboxylic acids is 2. The molecule has 0 radical (unpaired) electrons. The largest absolute Gasteiger partial charge is 0.495 e. The van der Waals surface area contributed by atoms with Crippen LogP contribution in [-0.2, 0) is 13.1 Å². The molecule has 40 heavy (non-hydrogen) atoms. The SMILES string of the molecule is COc1cnc(Cl)cc1-c1cc(C)ncc1C(=O)Nc1nc2c(s1)CN(C(=O)c1ccc(OC)c(C(F)F)n1)C2. The zero-order valence-electron chi connectivity index (χ0n) is 21.4. The molecule has 5 rings (SSSR count). The first kappa shape index (κ1) is 27.3. The van der Waals surface area contributed by atoms with E-state index < -0.39 is 23.9 Å². The van der Waals surface area contributed by atoms with E-state index in [0.717, 1.165) is 4.88 Å². The second kappa shape index (κ2) is 11.1. The number of halogens is 3. The molecule has 0 saturated carbocycles. The van der Waals surface area contributed by atoms with Crippen molar-refractivity contribution in [3.8, 4) is 22.6 Å². The van der Waals surface area contributed by atoms with Crippen molar-refractivity contribution in [2.75, 3.05) is 19.5 Å². The minimum atomic E-state index is -2.89. The van der Waals surface area contributed by atoms with Crippen molar-refractivity contribution in [3.05, 3.63) is 75.0 Å². The van der Waals surface area contributed by atoms with E-state index in [1.54, 1.807) is 19.1 Å². The lowest BCUT2D eigenvalue weighted by atomic mass is 10.0. The molecule has 0 aromatic carbocycles. The number of amides is 2. The van der Waals surface area contributed by atoms with E-state index in [9.17, 15) is 18.4 Å². The van der Waals surface area contributed by atoms with Crippen LogP contribution < -0.4 is 14.8 Å². The Morgan fingerprint density at radius 1 is 1.05 bits per heavy atom. The van der Waals surface area contributed by atoms with Crippen molar-refractivity contribution in [3.63, 3.8) is 0 Å². The molecule has 1 aliphatic heterocycles. The van der Waals surface area contributed by atoms with Crippen LogP contribution in [0.15, 0.2) is 36.7 Å². The minimum Gasteiger partial charge on any atom is -0.495 e. The van der Waals surface area contributed by atoms with Gasteiger partial charge in [0.25, 0.3) is 18.2 Å². The predicted octanol–water partition coefficient (Wildman–Crippen LogP) is 5.32. The topological polar surface area (TPSA) is 119 Å². The summed E-state index contributed by atoms with van der Waals surface area (Å²) >= 11 is 7.33. The lowest BCUT2D eigenvalue weighted by molar-refractivity contribution is 0.0742. The quantitative estimate of drug-likeness (QED) is 0.289. The first-order valence-electron chi connectivity index (χ1n) is 11.8. The number of fused-ring (bicyclic) bond motifs is 1. The summed E-state index contributed by atoms with van der Waals surface area (Å²) < 4.78 is 37.0. The number of hydrogen-bond donors (Lipinski definition) is 1. The number of rotatable bonds is 7. The lowest BCUT2D eigenvalue weighted by Gasteiger charge is -2.16. The molecule has 0 fully saturated rings. The van der Waals surface area contributed by atoms with E-state index in [1.807, 2.05) is 0 Å². The molecule has 5 heterocycles. The number of thiazole rings is 1. The molecule has 0 aliphatic carbocycles. The van der Waals surface area contributed by atoms with Gasteiger partial charge >= 0.3 is 0 Å². The normalized spacial score (nSPS) is 12.4. The molecule has 4 aromatic heterocycles.